The molecule has 0 aliphatic heterocycles. The van der Waals surface area contributed by atoms with Crippen LogP contribution in [0.15, 0.2) is 90.5 Å². The van der Waals surface area contributed by atoms with Crippen LogP contribution in [0, 0.1) is 32.1 Å². The summed E-state index contributed by atoms with van der Waals surface area (Å²) in [6, 6.07) is 28.7. The summed E-state index contributed by atoms with van der Waals surface area (Å²) in [6.45, 7) is 7.03. The molecule has 0 saturated carbocycles. The Morgan fingerprint density at radius 3 is 2.17 bits per heavy atom. The number of nitrogens with zero attached hydrogens (tertiary/aromatic N) is 1. The summed E-state index contributed by atoms with van der Waals surface area (Å²) < 4.78 is 17.3. The van der Waals surface area contributed by atoms with Gasteiger partial charge in [-0.05, 0) is 91.1 Å². The Hall–Kier alpha value is -5.02. The molecule has 0 heterocycles. The van der Waals surface area contributed by atoms with Crippen molar-refractivity contribution in [2.45, 2.75) is 34.0 Å². The van der Waals surface area contributed by atoms with Crippen molar-refractivity contribution >= 4 is 17.7 Å². The lowest BCUT2D eigenvalue weighted by Crippen LogP contribution is -2.13. The van der Waals surface area contributed by atoms with E-state index in [4.69, 9.17) is 14.2 Å². The molecule has 0 radical (unpaired) electrons. The van der Waals surface area contributed by atoms with E-state index in [1.807, 2.05) is 43.3 Å². The van der Waals surface area contributed by atoms with Crippen molar-refractivity contribution in [3.63, 3.8) is 0 Å². The number of hydrogen-bond acceptors (Lipinski definition) is 5. The van der Waals surface area contributed by atoms with Crippen molar-refractivity contribution in [2.75, 3.05) is 12.4 Å². The summed E-state index contributed by atoms with van der Waals surface area (Å²) in [5, 5.41) is 12.4. The third-order valence-electron chi connectivity index (χ3n) is 6.47. The lowest BCUT2D eigenvalue weighted by molar-refractivity contribution is -0.112. The van der Waals surface area contributed by atoms with E-state index in [1.165, 1.54) is 22.8 Å². The number of nitriles is 1. The van der Waals surface area contributed by atoms with Gasteiger partial charge in [-0.25, -0.2) is 0 Å². The van der Waals surface area contributed by atoms with Gasteiger partial charge in [0.15, 0.2) is 11.5 Å². The molecule has 0 spiro atoms. The topological polar surface area (TPSA) is 80.6 Å². The van der Waals surface area contributed by atoms with E-state index in [2.05, 4.69) is 31.3 Å². The minimum atomic E-state index is -0.509. The molecule has 40 heavy (non-hydrogen) atoms. The molecular weight excluding hydrogens is 500 g/mol. The Bertz CT molecular complexity index is 1550. The van der Waals surface area contributed by atoms with Gasteiger partial charge in [-0.1, -0.05) is 54.1 Å². The number of benzene rings is 4. The van der Waals surface area contributed by atoms with Gasteiger partial charge in [0, 0.05) is 5.69 Å². The van der Waals surface area contributed by atoms with Gasteiger partial charge in [-0.3, -0.25) is 4.79 Å². The van der Waals surface area contributed by atoms with Crippen LogP contribution in [0.25, 0.3) is 6.08 Å². The molecule has 0 aliphatic carbocycles. The summed E-state index contributed by atoms with van der Waals surface area (Å²) in [4.78, 5) is 12.8. The van der Waals surface area contributed by atoms with Crippen LogP contribution < -0.4 is 19.5 Å². The number of amides is 1. The highest BCUT2D eigenvalue weighted by atomic mass is 16.5. The summed E-state index contributed by atoms with van der Waals surface area (Å²) in [6.07, 6.45) is 1.52. The normalized spacial score (nSPS) is 10.9. The van der Waals surface area contributed by atoms with Gasteiger partial charge < -0.3 is 19.5 Å². The second-order valence-corrected chi connectivity index (χ2v) is 9.54. The SMILES string of the molecule is COc1cc(/C=C(\C#N)C(=O)Nc2ccc(OCc3ccc(C)cc3)cc2)ccc1OCc1ccc(C)c(C)c1. The van der Waals surface area contributed by atoms with Crippen LogP contribution in [0.5, 0.6) is 17.2 Å². The molecule has 4 rings (SSSR count). The number of ether oxygens (including phenoxy) is 3. The van der Waals surface area contributed by atoms with Crippen LogP contribution in [0.1, 0.15) is 33.4 Å². The highest BCUT2D eigenvalue weighted by molar-refractivity contribution is 6.09. The molecule has 0 aromatic heterocycles. The average Bonchev–Trinajstić information content (AvgIpc) is 2.97. The molecule has 1 N–H and O–H groups in total. The average molecular weight is 533 g/mol. The van der Waals surface area contributed by atoms with Gasteiger partial charge in [0.2, 0.25) is 0 Å². The minimum Gasteiger partial charge on any atom is -0.493 e. The lowest BCUT2D eigenvalue weighted by atomic mass is 10.1. The molecule has 202 valence electrons. The van der Waals surface area contributed by atoms with Crippen LogP contribution in [0.4, 0.5) is 5.69 Å². The quantitative estimate of drug-likeness (QED) is 0.171. The van der Waals surface area contributed by atoms with Gasteiger partial charge >= 0.3 is 0 Å². The largest absolute Gasteiger partial charge is 0.493 e. The Morgan fingerprint density at radius 1 is 0.800 bits per heavy atom. The Balaban J connectivity index is 1.38. The predicted octanol–water partition coefficient (Wildman–Crippen LogP) is 7.32. The van der Waals surface area contributed by atoms with Gasteiger partial charge in [-0.15, -0.1) is 0 Å². The third kappa shape index (κ3) is 7.52. The van der Waals surface area contributed by atoms with Crippen molar-refractivity contribution < 1.29 is 19.0 Å². The zero-order valence-corrected chi connectivity index (χ0v) is 23.2. The molecule has 4 aromatic rings. The maximum Gasteiger partial charge on any atom is 0.266 e. The maximum absolute atomic E-state index is 12.8. The summed E-state index contributed by atoms with van der Waals surface area (Å²) in [5.74, 6) is 1.26. The van der Waals surface area contributed by atoms with Gasteiger partial charge in [0.1, 0.15) is 30.6 Å². The van der Waals surface area contributed by atoms with E-state index in [9.17, 15) is 10.1 Å². The molecule has 0 saturated heterocycles. The zero-order chi connectivity index (χ0) is 28.5. The van der Waals surface area contributed by atoms with Crippen LogP contribution in [-0.2, 0) is 18.0 Å². The third-order valence-corrected chi connectivity index (χ3v) is 6.47. The van der Waals surface area contributed by atoms with E-state index in [0.717, 1.165) is 11.1 Å². The fraction of sp³-hybridized carbons (Fsp3) is 0.176. The Morgan fingerprint density at radius 2 is 1.50 bits per heavy atom. The lowest BCUT2D eigenvalue weighted by Gasteiger charge is -2.12. The fourth-order valence-corrected chi connectivity index (χ4v) is 3.95. The van der Waals surface area contributed by atoms with Crippen molar-refractivity contribution in [3.8, 4) is 23.3 Å². The molecule has 6 heteroatoms. The van der Waals surface area contributed by atoms with Gasteiger partial charge in [0.25, 0.3) is 5.91 Å². The number of aryl methyl sites for hydroxylation is 3. The van der Waals surface area contributed by atoms with Crippen LogP contribution >= 0.6 is 0 Å². The van der Waals surface area contributed by atoms with E-state index in [0.29, 0.717) is 41.7 Å². The number of carbonyl (C=O) groups is 1. The van der Waals surface area contributed by atoms with E-state index in [1.54, 1.807) is 49.6 Å². The molecule has 0 unspecified atom stereocenters. The Kier molecular flexibility index (Phi) is 9.22. The van der Waals surface area contributed by atoms with Crippen molar-refractivity contribution in [2.24, 2.45) is 0 Å². The van der Waals surface area contributed by atoms with E-state index >= 15 is 0 Å². The van der Waals surface area contributed by atoms with Crippen LogP contribution in [0.2, 0.25) is 0 Å². The molecule has 0 aliphatic rings. The number of methoxy groups -OCH3 is 1. The van der Waals surface area contributed by atoms with E-state index in [-0.39, 0.29) is 5.57 Å². The van der Waals surface area contributed by atoms with Crippen LogP contribution in [-0.4, -0.2) is 13.0 Å². The summed E-state index contributed by atoms with van der Waals surface area (Å²) >= 11 is 0. The molecular formula is C34H32N2O4. The number of rotatable bonds is 10. The number of nitrogens with one attached hydrogen (secondary N) is 1. The first-order valence-electron chi connectivity index (χ1n) is 12.9. The first-order chi connectivity index (χ1) is 19.3. The first kappa shape index (κ1) is 28.0. The molecule has 4 aromatic carbocycles. The summed E-state index contributed by atoms with van der Waals surface area (Å²) in [5.41, 5.74) is 6.93. The van der Waals surface area contributed by atoms with Gasteiger partial charge in [0.05, 0.1) is 7.11 Å². The van der Waals surface area contributed by atoms with Crippen molar-refractivity contribution in [3.05, 3.63) is 124 Å². The van der Waals surface area contributed by atoms with Crippen molar-refractivity contribution in [1.29, 1.82) is 5.26 Å². The molecule has 0 fully saturated rings. The summed E-state index contributed by atoms with van der Waals surface area (Å²) in [7, 11) is 1.55. The standard InChI is InChI=1S/C34H32N2O4/c1-23-5-8-26(9-6-23)21-39-31-14-12-30(13-15-31)36-34(37)29(20-35)18-27-11-16-32(33(19-27)38-4)40-22-28-10-7-24(2)25(3)17-28/h5-19H,21-22H2,1-4H3,(H,36,37)/b29-18+. The second kappa shape index (κ2) is 13.2. The Labute approximate surface area is 235 Å². The molecule has 6 nitrogen and oxygen atoms in total. The maximum atomic E-state index is 12.8. The van der Waals surface area contributed by atoms with E-state index < -0.39 is 5.91 Å². The minimum absolute atomic E-state index is 0.0365. The highest BCUT2D eigenvalue weighted by Gasteiger charge is 2.12. The predicted molar refractivity (Wildman–Crippen MR) is 157 cm³/mol. The smallest absolute Gasteiger partial charge is 0.266 e. The van der Waals surface area contributed by atoms with Crippen LogP contribution in [0.3, 0.4) is 0 Å². The second-order valence-electron chi connectivity index (χ2n) is 9.54. The molecule has 1 amide bonds. The monoisotopic (exact) mass is 532 g/mol. The fourth-order valence-electron chi connectivity index (χ4n) is 3.95. The zero-order valence-electron chi connectivity index (χ0n) is 23.2. The molecule has 0 atom stereocenters. The molecule has 0 bridgehead atoms. The van der Waals surface area contributed by atoms with Crippen molar-refractivity contribution in [1.82, 2.24) is 0 Å². The number of anilines is 1. The first-order valence-corrected chi connectivity index (χ1v) is 12.9. The van der Waals surface area contributed by atoms with Gasteiger partial charge in [-0.2, -0.15) is 5.26 Å². The number of hydrogen-bond donors (Lipinski definition) is 1. The number of carbonyl (C=O) groups excluding carboxylic acids is 1. The highest BCUT2D eigenvalue weighted by Crippen LogP contribution is 2.30.